The molecular weight excluding hydrogens is 343 g/mol. The highest BCUT2D eigenvalue weighted by Gasteiger charge is 2.19. The number of ether oxygens (including phenoxy) is 1. The van der Waals surface area contributed by atoms with E-state index in [2.05, 4.69) is 4.98 Å². The Balaban J connectivity index is 2.30. The largest absolute Gasteiger partial charge is 0.465 e. The Hall–Kier alpha value is -3.23. The summed E-state index contributed by atoms with van der Waals surface area (Å²) in [5.74, 6) is -0.969. The van der Waals surface area contributed by atoms with Gasteiger partial charge in [0.1, 0.15) is 12.4 Å². The van der Waals surface area contributed by atoms with Crippen molar-refractivity contribution in [2.24, 2.45) is 0 Å². The molecule has 0 saturated heterocycles. The molecule has 0 spiro atoms. The molecule has 0 N–H and O–H groups in total. The lowest BCUT2D eigenvalue weighted by Gasteiger charge is -2.11. The minimum Gasteiger partial charge on any atom is -0.465 e. The molecule has 0 aliphatic carbocycles. The van der Waals surface area contributed by atoms with Crippen LogP contribution in [0.25, 0.3) is 16.9 Å². The molecule has 9 heteroatoms. The topological polar surface area (TPSA) is 88.1 Å². The third kappa shape index (κ3) is 2.92. The molecule has 26 heavy (non-hydrogen) atoms. The van der Waals surface area contributed by atoms with Gasteiger partial charge in [-0.15, -0.1) is 0 Å². The Morgan fingerprint density at radius 2 is 1.88 bits per heavy atom. The smallest absolute Gasteiger partial charge is 0.337 e. The number of nitrogens with zero attached hydrogens (tertiary/aromatic N) is 4. The number of carbonyl (C=O) groups excluding carboxylic acids is 1. The van der Waals surface area contributed by atoms with Crippen molar-refractivity contribution in [3.05, 3.63) is 57.2 Å². The van der Waals surface area contributed by atoms with Crippen molar-refractivity contribution in [1.29, 1.82) is 0 Å². The molecule has 0 bridgehead atoms. The summed E-state index contributed by atoms with van der Waals surface area (Å²) in [6.07, 6.45) is 1.31. The SMILES string of the molecule is CCOC(=O)Cn1cnc2c1c(=O)n(CC)c(=O)n2-c1ccc(F)cc1. The molecule has 0 radical (unpaired) electrons. The van der Waals surface area contributed by atoms with Gasteiger partial charge in [-0.25, -0.2) is 18.7 Å². The fraction of sp³-hybridized carbons (Fsp3) is 0.294. The number of benzene rings is 1. The van der Waals surface area contributed by atoms with E-state index in [-0.39, 0.29) is 30.9 Å². The summed E-state index contributed by atoms with van der Waals surface area (Å²) in [4.78, 5) is 41.4. The van der Waals surface area contributed by atoms with Crippen LogP contribution in [0.1, 0.15) is 13.8 Å². The zero-order valence-electron chi connectivity index (χ0n) is 14.3. The van der Waals surface area contributed by atoms with Gasteiger partial charge in [-0.1, -0.05) is 0 Å². The second-order valence-electron chi connectivity index (χ2n) is 5.49. The van der Waals surface area contributed by atoms with E-state index < -0.39 is 23.0 Å². The maximum absolute atomic E-state index is 13.2. The van der Waals surface area contributed by atoms with Crippen molar-refractivity contribution in [1.82, 2.24) is 18.7 Å². The van der Waals surface area contributed by atoms with E-state index in [1.807, 2.05) is 0 Å². The average molecular weight is 360 g/mol. The highest BCUT2D eigenvalue weighted by atomic mass is 19.1. The fourth-order valence-corrected chi connectivity index (χ4v) is 2.75. The number of hydrogen-bond donors (Lipinski definition) is 0. The minimum absolute atomic E-state index is 0.0978. The molecule has 2 aromatic heterocycles. The summed E-state index contributed by atoms with van der Waals surface area (Å²) in [7, 11) is 0. The summed E-state index contributed by atoms with van der Waals surface area (Å²) in [6, 6.07) is 5.27. The first-order valence-electron chi connectivity index (χ1n) is 8.10. The van der Waals surface area contributed by atoms with E-state index in [4.69, 9.17) is 4.74 Å². The predicted molar refractivity (Wildman–Crippen MR) is 91.9 cm³/mol. The molecule has 0 atom stereocenters. The first-order valence-corrected chi connectivity index (χ1v) is 8.10. The second-order valence-corrected chi connectivity index (χ2v) is 5.49. The van der Waals surface area contributed by atoms with Crippen molar-refractivity contribution in [2.45, 2.75) is 26.9 Å². The molecule has 2 heterocycles. The molecule has 0 fully saturated rings. The number of aromatic nitrogens is 4. The lowest BCUT2D eigenvalue weighted by molar-refractivity contribution is -0.143. The Kier molecular flexibility index (Phi) is 4.70. The van der Waals surface area contributed by atoms with Gasteiger partial charge in [0.2, 0.25) is 0 Å². The van der Waals surface area contributed by atoms with Gasteiger partial charge in [0.15, 0.2) is 11.2 Å². The summed E-state index contributed by atoms with van der Waals surface area (Å²) < 4.78 is 21.7. The number of hydrogen-bond acceptors (Lipinski definition) is 5. The van der Waals surface area contributed by atoms with Crippen molar-refractivity contribution in [2.75, 3.05) is 6.61 Å². The number of rotatable bonds is 5. The van der Waals surface area contributed by atoms with Crippen LogP contribution in [0.3, 0.4) is 0 Å². The first kappa shape index (κ1) is 17.6. The predicted octanol–water partition coefficient (Wildman–Crippen LogP) is 1.07. The van der Waals surface area contributed by atoms with Gasteiger partial charge < -0.3 is 9.30 Å². The van der Waals surface area contributed by atoms with Crippen LogP contribution >= 0.6 is 0 Å². The summed E-state index contributed by atoms with van der Waals surface area (Å²) >= 11 is 0. The van der Waals surface area contributed by atoms with Crippen LogP contribution in [-0.4, -0.2) is 31.3 Å². The molecule has 136 valence electrons. The molecular formula is C17H17FN4O4. The van der Waals surface area contributed by atoms with E-state index in [9.17, 15) is 18.8 Å². The van der Waals surface area contributed by atoms with Gasteiger partial charge in [0.05, 0.1) is 18.6 Å². The summed E-state index contributed by atoms with van der Waals surface area (Å²) in [5, 5.41) is 0. The minimum atomic E-state index is -0.585. The quantitative estimate of drug-likeness (QED) is 0.635. The van der Waals surface area contributed by atoms with E-state index in [1.54, 1.807) is 13.8 Å². The lowest BCUT2D eigenvalue weighted by Crippen LogP contribution is -2.39. The maximum Gasteiger partial charge on any atom is 0.337 e. The van der Waals surface area contributed by atoms with Gasteiger partial charge in [0.25, 0.3) is 5.56 Å². The Morgan fingerprint density at radius 1 is 1.19 bits per heavy atom. The highest BCUT2D eigenvalue weighted by Crippen LogP contribution is 2.14. The molecule has 1 aromatic carbocycles. The van der Waals surface area contributed by atoms with Crippen molar-refractivity contribution in [3.8, 4) is 5.69 Å². The number of fused-ring (bicyclic) bond motifs is 1. The van der Waals surface area contributed by atoms with Gasteiger partial charge in [-0.2, -0.15) is 0 Å². The van der Waals surface area contributed by atoms with Crippen LogP contribution in [0.5, 0.6) is 0 Å². The van der Waals surface area contributed by atoms with E-state index >= 15 is 0 Å². The number of esters is 1. The van der Waals surface area contributed by atoms with Crippen LogP contribution in [0, 0.1) is 5.82 Å². The molecule has 0 saturated carbocycles. The van der Waals surface area contributed by atoms with Crippen LogP contribution < -0.4 is 11.2 Å². The van der Waals surface area contributed by atoms with Crippen molar-refractivity contribution >= 4 is 17.1 Å². The number of halogens is 1. The standard InChI is InChI=1S/C17H17FN4O4/c1-3-21-16(24)14-15(19-10-20(14)9-13(23)26-4-2)22(17(21)25)12-7-5-11(18)6-8-12/h5-8,10H,3-4,9H2,1-2H3. The van der Waals surface area contributed by atoms with Crippen LogP contribution in [-0.2, 0) is 22.6 Å². The zero-order valence-corrected chi connectivity index (χ0v) is 14.3. The average Bonchev–Trinajstić information content (AvgIpc) is 3.00. The third-order valence-corrected chi connectivity index (χ3v) is 3.91. The molecule has 0 amide bonds. The van der Waals surface area contributed by atoms with Gasteiger partial charge in [-0.3, -0.25) is 14.2 Å². The molecule has 8 nitrogen and oxygen atoms in total. The maximum atomic E-state index is 13.2. The second kappa shape index (κ2) is 6.95. The summed E-state index contributed by atoms with van der Waals surface area (Å²) in [6.45, 7) is 3.49. The molecule has 0 unspecified atom stereocenters. The van der Waals surface area contributed by atoms with Gasteiger partial charge in [-0.05, 0) is 38.1 Å². The number of carbonyl (C=O) groups is 1. The fourth-order valence-electron chi connectivity index (χ4n) is 2.75. The monoisotopic (exact) mass is 360 g/mol. The van der Waals surface area contributed by atoms with Crippen LogP contribution in [0.2, 0.25) is 0 Å². The Labute approximate surface area is 147 Å². The molecule has 0 aliphatic heterocycles. The van der Waals surface area contributed by atoms with Crippen molar-refractivity contribution in [3.63, 3.8) is 0 Å². The zero-order chi connectivity index (χ0) is 18.8. The molecule has 0 aliphatic rings. The Morgan fingerprint density at radius 3 is 2.50 bits per heavy atom. The summed E-state index contributed by atoms with van der Waals surface area (Å²) in [5.41, 5.74) is -0.569. The van der Waals surface area contributed by atoms with Gasteiger partial charge >= 0.3 is 11.7 Å². The Bertz CT molecular complexity index is 1080. The number of imidazole rings is 1. The van der Waals surface area contributed by atoms with Gasteiger partial charge in [0, 0.05) is 6.54 Å². The van der Waals surface area contributed by atoms with Crippen LogP contribution in [0.15, 0.2) is 40.2 Å². The van der Waals surface area contributed by atoms with Crippen LogP contribution in [0.4, 0.5) is 4.39 Å². The van der Waals surface area contributed by atoms with E-state index in [0.29, 0.717) is 5.69 Å². The van der Waals surface area contributed by atoms with E-state index in [1.165, 1.54) is 39.7 Å². The lowest BCUT2D eigenvalue weighted by atomic mass is 10.3. The third-order valence-electron chi connectivity index (χ3n) is 3.91. The molecule has 3 aromatic rings. The van der Waals surface area contributed by atoms with Crippen molar-refractivity contribution < 1.29 is 13.9 Å². The highest BCUT2D eigenvalue weighted by molar-refractivity contribution is 5.76. The van der Waals surface area contributed by atoms with E-state index in [0.717, 1.165) is 4.57 Å². The molecule has 3 rings (SSSR count). The normalized spacial score (nSPS) is 11.0. The first-order chi connectivity index (χ1) is 12.5.